The molecular formula is C10H12FNO. The van der Waals surface area contributed by atoms with Gasteiger partial charge in [-0.15, -0.1) is 0 Å². The van der Waals surface area contributed by atoms with E-state index in [1.807, 2.05) is 0 Å². The largest absolute Gasteiger partial charge is 0.387 e. The summed E-state index contributed by atoms with van der Waals surface area (Å²) >= 11 is 0. The molecule has 1 aromatic rings. The normalized spacial score (nSPS) is 14.3. The maximum atomic E-state index is 12.6. The number of aliphatic hydroxyl groups is 1. The molecule has 1 aromatic carbocycles. The number of halogens is 1. The van der Waals surface area contributed by atoms with Crippen molar-refractivity contribution in [2.24, 2.45) is 4.99 Å². The highest BCUT2D eigenvalue weighted by Crippen LogP contribution is 2.06. The molecule has 0 aliphatic rings. The predicted octanol–water partition coefficient (Wildman–Crippen LogP) is 1.63. The first-order chi connectivity index (χ1) is 6.15. The summed E-state index contributed by atoms with van der Waals surface area (Å²) in [4.78, 5) is 3.93. The topological polar surface area (TPSA) is 32.6 Å². The van der Waals surface area contributed by atoms with Crippen molar-refractivity contribution in [1.82, 2.24) is 0 Å². The number of nitrogens with zero attached hydrogens (tertiary/aromatic N) is 1. The van der Waals surface area contributed by atoms with Gasteiger partial charge in [-0.05, 0) is 24.6 Å². The molecule has 2 nitrogen and oxygen atoms in total. The molecule has 0 aliphatic carbocycles. The van der Waals surface area contributed by atoms with Crippen LogP contribution in [-0.2, 0) is 0 Å². The van der Waals surface area contributed by atoms with E-state index in [4.69, 9.17) is 0 Å². The molecule has 13 heavy (non-hydrogen) atoms. The molecule has 70 valence electrons. The third kappa shape index (κ3) is 2.36. The maximum Gasteiger partial charge on any atom is 0.123 e. The van der Waals surface area contributed by atoms with Crippen molar-refractivity contribution in [2.45, 2.75) is 13.0 Å². The lowest BCUT2D eigenvalue weighted by molar-refractivity contribution is 0.262. The second kappa shape index (κ2) is 4.14. The van der Waals surface area contributed by atoms with Gasteiger partial charge in [-0.1, -0.05) is 12.1 Å². The van der Waals surface area contributed by atoms with E-state index in [-0.39, 0.29) is 5.82 Å². The number of benzene rings is 1. The fourth-order valence-electron chi connectivity index (χ4n) is 1.18. The Morgan fingerprint density at radius 1 is 1.38 bits per heavy atom. The lowest BCUT2D eigenvalue weighted by atomic mass is 10.1. The highest BCUT2D eigenvalue weighted by atomic mass is 19.1. The number of hydrogen-bond acceptors (Lipinski definition) is 2. The van der Waals surface area contributed by atoms with E-state index >= 15 is 0 Å². The Morgan fingerprint density at radius 2 is 1.92 bits per heavy atom. The Kier molecular flexibility index (Phi) is 3.14. The molecule has 0 bridgehead atoms. The van der Waals surface area contributed by atoms with E-state index in [9.17, 15) is 9.50 Å². The van der Waals surface area contributed by atoms with Gasteiger partial charge in [-0.3, -0.25) is 4.99 Å². The van der Waals surface area contributed by atoms with Gasteiger partial charge in [-0.25, -0.2) is 4.39 Å². The molecule has 1 N–H and O–H groups in total. The van der Waals surface area contributed by atoms with Crippen molar-refractivity contribution in [2.75, 3.05) is 7.05 Å². The fraction of sp³-hybridized carbons (Fsp3) is 0.300. The van der Waals surface area contributed by atoms with E-state index in [0.717, 1.165) is 5.56 Å². The van der Waals surface area contributed by atoms with Crippen LogP contribution in [0.1, 0.15) is 12.5 Å². The summed E-state index contributed by atoms with van der Waals surface area (Å²) in [5.41, 5.74) is 1.32. The first-order valence-corrected chi connectivity index (χ1v) is 4.06. The van der Waals surface area contributed by atoms with Gasteiger partial charge < -0.3 is 5.11 Å². The Balaban J connectivity index is 3.00. The van der Waals surface area contributed by atoms with Gasteiger partial charge in [0.15, 0.2) is 0 Å². The number of rotatable bonds is 2. The Labute approximate surface area is 76.7 Å². The molecule has 0 heterocycles. The Bertz CT molecular complexity index is 303. The van der Waals surface area contributed by atoms with Gasteiger partial charge in [-0.2, -0.15) is 0 Å². The van der Waals surface area contributed by atoms with Crippen LogP contribution in [0.5, 0.6) is 0 Å². The quantitative estimate of drug-likeness (QED) is 0.691. The van der Waals surface area contributed by atoms with Gasteiger partial charge in [0.25, 0.3) is 0 Å². The van der Waals surface area contributed by atoms with Crippen LogP contribution in [0.4, 0.5) is 4.39 Å². The number of aliphatic imine (C=N–C) groups is 1. The van der Waals surface area contributed by atoms with E-state index < -0.39 is 6.10 Å². The second-order valence-corrected chi connectivity index (χ2v) is 2.79. The van der Waals surface area contributed by atoms with Crippen LogP contribution in [0.15, 0.2) is 29.3 Å². The van der Waals surface area contributed by atoms with E-state index in [2.05, 4.69) is 4.99 Å². The molecule has 0 fully saturated rings. The summed E-state index contributed by atoms with van der Waals surface area (Å²) in [6.07, 6.45) is -0.629. The molecular weight excluding hydrogens is 169 g/mol. The average molecular weight is 181 g/mol. The smallest absolute Gasteiger partial charge is 0.123 e. The standard InChI is InChI=1S/C10H12FNO/c1-7(13)10(12-2)8-3-5-9(11)6-4-8/h3-7,13H,1-2H3/b12-10+. The van der Waals surface area contributed by atoms with Crippen molar-refractivity contribution < 1.29 is 9.50 Å². The van der Waals surface area contributed by atoms with Crippen LogP contribution >= 0.6 is 0 Å². The molecule has 0 radical (unpaired) electrons. The Hall–Kier alpha value is -1.22. The molecule has 3 heteroatoms. The van der Waals surface area contributed by atoms with E-state index in [1.54, 1.807) is 26.1 Å². The minimum atomic E-state index is -0.629. The molecule has 1 unspecified atom stereocenters. The van der Waals surface area contributed by atoms with Gasteiger partial charge in [0.1, 0.15) is 5.82 Å². The lowest BCUT2D eigenvalue weighted by Crippen LogP contribution is -2.17. The monoisotopic (exact) mass is 181 g/mol. The van der Waals surface area contributed by atoms with Crippen LogP contribution < -0.4 is 0 Å². The zero-order valence-electron chi connectivity index (χ0n) is 7.66. The predicted molar refractivity (Wildman–Crippen MR) is 50.5 cm³/mol. The first kappa shape index (κ1) is 9.86. The molecule has 0 saturated carbocycles. The summed E-state index contributed by atoms with van der Waals surface area (Å²) in [6, 6.07) is 5.90. The van der Waals surface area contributed by atoms with Gasteiger partial charge in [0.05, 0.1) is 11.8 Å². The average Bonchev–Trinajstić information content (AvgIpc) is 2.09. The van der Waals surface area contributed by atoms with Crippen LogP contribution in [0.2, 0.25) is 0 Å². The van der Waals surface area contributed by atoms with E-state index in [1.165, 1.54) is 12.1 Å². The first-order valence-electron chi connectivity index (χ1n) is 4.06. The number of aliphatic hydroxyl groups excluding tert-OH is 1. The van der Waals surface area contributed by atoms with Gasteiger partial charge >= 0.3 is 0 Å². The van der Waals surface area contributed by atoms with Crippen LogP contribution in [-0.4, -0.2) is 24.0 Å². The lowest BCUT2D eigenvalue weighted by Gasteiger charge is -2.08. The maximum absolute atomic E-state index is 12.6. The fourth-order valence-corrected chi connectivity index (χ4v) is 1.18. The van der Waals surface area contributed by atoms with Gasteiger partial charge in [0, 0.05) is 7.05 Å². The van der Waals surface area contributed by atoms with Crippen LogP contribution in [0.3, 0.4) is 0 Å². The molecule has 0 aliphatic heterocycles. The zero-order valence-corrected chi connectivity index (χ0v) is 7.66. The minimum Gasteiger partial charge on any atom is -0.387 e. The molecule has 0 spiro atoms. The number of hydrogen-bond donors (Lipinski definition) is 1. The molecule has 0 amide bonds. The third-order valence-electron chi connectivity index (χ3n) is 1.78. The minimum absolute atomic E-state index is 0.287. The summed E-state index contributed by atoms with van der Waals surface area (Å²) in [6.45, 7) is 1.63. The molecule has 1 atom stereocenters. The van der Waals surface area contributed by atoms with Crippen LogP contribution in [0, 0.1) is 5.82 Å². The van der Waals surface area contributed by atoms with Crippen molar-refractivity contribution in [3.63, 3.8) is 0 Å². The summed E-state index contributed by atoms with van der Waals surface area (Å²) in [7, 11) is 1.60. The highest BCUT2D eigenvalue weighted by molar-refractivity contribution is 6.03. The third-order valence-corrected chi connectivity index (χ3v) is 1.78. The molecule has 0 aromatic heterocycles. The van der Waals surface area contributed by atoms with Gasteiger partial charge in [0.2, 0.25) is 0 Å². The zero-order chi connectivity index (χ0) is 9.84. The van der Waals surface area contributed by atoms with Crippen molar-refractivity contribution in [3.8, 4) is 0 Å². The SMILES string of the molecule is C/N=C(/c1ccc(F)cc1)C(C)O. The second-order valence-electron chi connectivity index (χ2n) is 2.79. The van der Waals surface area contributed by atoms with E-state index in [0.29, 0.717) is 5.71 Å². The van der Waals surface area contributed by atoms with Crippen molar-refractivity contribution >= 4 is 5.71 Å². The molecule has 0 saturated heterocycles. The summed E-state index contributed by atoms with van der Waals surface area (Å²) in [5.74, 6) is -0.287. The molecule has 1 rings (SSSR count). The highest BCUT2D eigenvalue weighted by Gasteiger charge is 2.08. The Morgan fingerprint density at radius 3 is 2.31 bits per heavy atom. The summed E-state index contributed by atoms with van der Waals surface area (Å²) in [5, 5.41) is 9.31. The van der Waals surface area contributed by atoms with Crippen molar-refractivity contribution in [1.29, 1.82) is 0 Å². The van der Waals surface area contributed by atoms with Crippen LogP contribution in [0.25, 0.3) is 0 Å². The van der Waals surface area contributed by atoms with Crippen molar-refractivity contribution in [3.05, 3.63) is 35.6 Å². The summed E-state index contributed by atoms with van der Waals surface area (Å²) < 4.78 is 12.6.